The summed E-state index contributed by atoms with van der Waals surface area (Å²) in [6.07, 6.45) is 1.28. The molecular weight excluding hydrogens is 344 g/mol. The number of hydrogen-bond acceptors (Lipinski definition) is 4. The first-order valence-corrected chi connectivity index (χ1v) is 9.16. The van der Waals surface area contributed by atoms with E-state index in [4.69, 9.17) is 4.74 Å². The first-order valence-electron chi connectivity index (χ1n) is 9.16. The van der Waals surface area contributed by atoms with Gasteiger partial charge in [0.1, 0.15) is 11.4 Å². The number of fused-ring (bicyclic) bond motifs is 1. The van der Waals surface area contributed by atoms with E-state index >= 15 is 0 Å². The van der Waals surface area contributed by atoms with Crippen LogP contribution in [0.3, 0.4) is 0 Å². The zero-order valence-corrected chi connectivity index (χ0v) is 15.9. The van der Waals surface area contributed by atoms with Crippen LogP contribution in [0.1, 0.15) is 44.7 Å². The number of amides is 3. The van der Waals surface area contributed by atoms with Gasteiger partial charge in [0.25, 0.3) is 0 Å². The Labute approximate surface area is 159 Å². The van der Waals surface area contributed by atoms with Crippen molar-refractivity contribution in [3.63, 3.8) is 0 Å². The third kappa shape index (κ3) is 3.61. The van der Waals surface area contributed by atoms with Gasteiger partial charge in [-0.25, -0.2) is 4.79 Å². The van der Waals surface area contributed by atoms with Crippen LogP contribution in [0.4, 0.5) is 4.79 Å². The van der Waals surface area contributed by atoms with E-state index in [0.717, 1.165) is 23.3 Å². The highest BCUT2D eigenvalue weighted by molar-refractivity contribution is 5.92. The maximum Gasteiger partial charge on any atom is 0.315 e. The number of likely N-dealkylation sites (tertiary alicyclic amines) is 1. The van der Waals surface area contributed by atoms with E-state index in [1.807, 2.05) is 20.8 Å². The van der Waals surface area contributed by atoms with Crippen LogP contribution in [0.25, 0.3) is 5.70 Å². The number of nitrogens with zero attached hydrogens (tertiary/aromatic N) is 2. The second-order valence-electron chi connectivity index (χ2n) is 7.12. The summed E-state index contributed by atoms with van der Waals surface area (Å²) in [4.78, 5) is 26.2. The molecular formula is C20H24N4O3. The van der Waals surface area contributed by atoms with E-state index < -0.39 is 5.60 Å². The average Bonchev–Trinajstić information content (AvgIpc) is 3.04. The topological polar surface area (TPSA) is 94.5 Å². The van der Waals surface area contributed by atoms with Crippen molar-refractivity contribution in [2.24, 2.45) is 0 Å². The number of carbonyl (C=O) groups excluding carboxylic acids is 2. The lowest BCUT2D eigenvalue weighted by Crippen LogP contribution is -2.45. The molecule has 7 nitrogen and oxygen atoms in total. The van der Waals surface area contributed by atoms with Gasteiger partial charge in [0.15, 0.2) is 0 Å². The highest BCUT2D eigenvalue weighted by Gasteiger charge is 2.39. The number of benzene rings is 1. The molecule has 2 aliphatic heterocycles. The van der Waals surface area contributed by atoms with Gasteiger partial charge in [0.2, 0.25) is 5.91 Å². The fraction of sp³-hybridized carbons (Fsp3) is 0.450. The Morgan fingerprint density at radius 2 is 2.15 bits per heavy atom. The third-order valence-electron chi connectivity index (χ3n) is 4.85. The number of nitrogens with one attached hydrogen (secondary N) is 2. The average molecular weight is 368 g/mol. The summed E-state index contributed by atoms with van der Waals surface area (Å²) in [7, 11) is 0. The summed E-state index contributed by atoms with van der Waals surface area (Å²) in [5.41, 5.74) is 2.07. The van der Waals surface area contributed by atoms with Crippen molar-refractivity contribution >= 4 is 17.6 Å². The van der Waals surface area contributed by atoms with Crippen LogP contribution in [0.5, 0.6) is 5.75 Å². The molecule has 1 aromatic carbocycles. The Bertz CT molecular complexity index is 851. The summed E-state index contributed by atoms with van der Waals surface area (Å²) in [5, 5.41) is 14.8. The summed E-state index contributed by atoms with van der Waals surface area (Å²) in [5.74, 6) is 0.682. The van der Waals surface area contributed by atoms with Gasteiger partial charge in [0, 0.05) is 37.2 Å². The third-order valence-corrected chi connectivity index (χ3v) is 4.85. The van der Waals surface area contributed by atoms with Crippen LogP contribution >= 0.6 is 0 Å². The molecule has 0 radical (unpaired) electrons. The first-order chi connectivity index (χ1) is 12.9. The van der Waals surface area contributed by atoms with Crippen molar-refractivity contribution in [3.8, 4) is 11.8 Å². The maximum absolute atomic E-state index is 12.5. The van der Waals surface area contributed by atoms with E-state index in [-0.39, 0.29) is 18.5 Å². The van der Waals surface area contributed by atoms with Crippen molar-refractivity contribution in [1.82, 2.24) is 15.5 Å². The Morgan fingerprint density at radius 3 is 2.78 bits per heavy atom. The predicted octanol–water partition coefficient (Wildman–Crippen LogP) is 2.38. The molecule has 2 aliphatic rings. The van der Waals surface area contributed by atoms with E-state index in [1.165, 1.54) is 0 Å². The van der Waals surface area contributed by atoms with Crippen LogP contribution < -0.4 is 15.4 Å². The van der Waals surface area contributed by atoms with Crippen molar-refractivity contribution in [2.45, 2.75) is 39.2 Å². The molecule has 1 saturated heterocycles. The SMILES string of the molecule is CCNC(=O)NCC1=C(N2CCCC2=O)c2cc(C#N)ccc2OC1(C)C. The summed E-state index contributed by atoms with van der Waals surface area (Å²) >= 11 is 0. The van der Waals surface area contributed by atoms with E-state index in [1.54, 1.807) is 23.1 Å². The smallest absolute Gasteiger partial charge is 0.315 e. The Morgan fingerprint density at radius 1 is 1.37 bits per heavy atom. The minimum Gasteiger partial charge on any atom is -0.483 e. The fourth-order valence-electron chi connectivity index (χ4n) is 3.54. The molecule has 0 unspecified atom stereocenters. The fourth-order valence-corrected chi connectivity index (χ4v) is 3.54. The minimum atomic E-state index is -0.709. The summed E-state index contributed by atoms with van der Waals surface area (Å²) in [6, 6.07) is 7.09. The molecule has 0 spiro atoms. The number of nitriles is 1. The molecule has 7 heteroatoms. The Kier molecular flexibility index (Phi) is 5.08. The van der Waals surface area contributed by atoms with Crippen molar-refractivity contribution in [2.75, 3.05) is 19.6 Å². The standard InChI is InChI=1S/C20H24N4O3/c1-4-22-19(26)23-12-15-18(24-9-5-6-17(24)25)14-10-13(11-21)7-8-16(14)27-20(15,2)3/h7-8,10H,4-6,9,12H2,1-3H3,(H2,22,23,26). The van der Waals surface area contributed by atoms with Crippen LogP contribution in [0.2, 0.25) is 0 Å². The number of carbonyl (C=O) groups is 2. The second-order valence-corrected chi connectivity index (χ2v) is 7.12. The van der Waals surface area contributed by atoms with Gasteiger partial charge in [-0.2, -0.15) is 5.26 Å². The lowest BCUT2D eigenvalue weighted by molar-refractivity contribution is -0.125. The van der Waals surface area contributed by atoms with Gasteiger partial charge in [0.05, 0.1) is 17.3 Å². The lowest BCUT2D eigenvalue weighted by Gasteiger charge is -2.39. The van der Waals surface area contributed by atoms with Crippen molar-refractivity contribution in [3.05, 3.63) is 34.9 Å². The molecule has 0 aromatic heterocycles. The van der Waals surface area contributed by atoms with Crippen molar-refractivity contribution < 1.29 is 14.3 Å². The largest absolute Gasteiger partial charge is 0.483 e. The lowest BCUT2D eigenvalue weighted by atomic mass is 9.88. The van der Waals surface area contributed by atoms with E-state index in [9.17, 15) is 14.9 Å². The molecule has 0 bridgehead atoms. The molecule has 3 rings (SSSR count). The molecule has 0 aliphatic carbocycles. The zero-order chi connectivity index (χ0) is 19.6. The normalized spacial score (nSPS) is 17.9. The monoisotopic (exact) mass is 368 g/mol. The number of hydrogen-bond donors (Lipinski definition) is 2. The highest BCUT2D eigenvalue weighted by Crippen LogP contribution is 2.43. The molecule has 0 saturated carbocycles. The second kappa shape index (κ2) is 7.31. The Balaban J connectivity index is 2.12. The molecule has 1 aromatic rings. The van der Waals surface area contributed by atoms with Crippen molar-refractivity contribution in [1.29, 1.82) is 5.26 Å². The summed E-state index contributed by atoms with van der Waals surface area (Å²) < 4.78 is 6.17. The summed E-state index contributed by atoms with van der Waals surface area (Å²) in [6.45, 7) is 7.07. The van der Waals surface area contributed by atoms with Gasteiger partial charge < -0.3 is 20.3 Å². The molecule has 142 valence electrons. The molecule has 2 N–H and O–H groups in total. The first kappa shape index (κ1) is 18.8. The molecule has 0 atom stereocenters. The molecule has 27 heavy (non-hydrogen) atoms. The molecule has 1 fully saturated rings. The van der Waals surface area contributed by atoms with E-state index in [2.05, 4.69) is 16.7 Å². The van der Waals surface area contributed by atoms with Gasteiger partial charge in [-0.15, -0.1) is 0 Å². The number of ether oxygens (including phenoxy) is 1. The van der Waals surface area contributed by atoms with Crippen LogP contribution in [-0.4, -0.2) is 42.1 Å². The maximum atomic E-state index is 12.5. The zero-order valence-electron chi connectivity index (χ0n) is 15.9. The van der Waals surface area contributed by atoms with Gasteiger partial charge in [-0.05, 0) is 45.4 Å². The number of urea groups is 1. The van der Waals surface area contributed by atoms with Gasteiger partial charge in [-0.1, -0.05) is 0 Å². The quantitative estimate of drug-likeness (QED) is 0.853. The van der Waals surface area contributed by atoms with Crippen LogP contribution in [0, 0.1) is 11.3 Å². The van der Waals surface area contributed by atoms with E-state index in [0.29, 0.717) is 30.8 Å². The van der Waals surface area contributed by atoms with Gasteiger partial charge >= 0.3 is 6.03 Å². The molecule has 2 heterocycles. The number of rotatable bonds is 4. The van der Waals surface area contributed by atoms with Crippen LogP contribution in [0.15, 0.2) is 23.8 Å². The predicted molar refractivity (Wildman–Crippen MR) is 101 cm³/mol. The minimum absolute atomic E-state index is 0.0477. The highest BCUT2D eigenvalue weighted by atomic mass is 16.5. The molecule has 3 amide bonds. The van der Waals surface area contributed by atoms with Crippen LogP contribution in [-0.2, 0) is 4.79 Å². The van der Waals surface area contributed by atoms with Gasteiger partial charge in [-0.3, -0.25) is 4.79 Å². The Hall–Kier alpha value is -3.01.